The molecular formula is C27H23NO5. The third-order valence-electron chi connectivity index (χ3n) is 5.91. The predicted molar refractivity (Wildman–Crippen MR) is 125 cm³/mol. The molecule has 0 radical (unpaired) electrons. The summed E-state index contributed by atoms with van der Waals surface area (Å²) in [5.74, 6) is 0.892. The Hall–Kier alpha value is -3.90. The molecule has 1 atom stereocenters. The van der Waals surface area contributed by atoms with E-state index in [0.29, 0.717) is 33.6 Å². The van der Waals surface area contributed by atoms with Crippen LogP contribution < -0.4 is 10.2 Å². The van der Waals surface area contributed by atoms with E-state index < -0.39 is 11.9 Å². The summed E-state index contributed by atoms with van der Waals surface area (Å²) >= 11 is 0. The first-order chi connectivity index (χ1) is 16.0. The Morgan fingerprint density at radius 1 is 0.970 bits per heavy atom. The molecule has 33 heavy (non-hydrogen) atoms. The Labute approximate surface area is 190 Å². The molecule has 1 amide bonds. The van der Waals surface area contributed by atoms with Gasteiger partial charge >= 0.3 is 0 Å². The van der Waals surface area contributed by atoms with E-state index in [4.69, 9.17) is 9.15 Å². The Kier molecular flexibility index (Phi) is 5.23. The lowest BCUT2D eigenvalue weighted by molar-refractivity contribution is 0.0691. The number of hydrogen-bond donors (Lipinski definition) is 1. The number of aryl methyl sites for hydroxylation is 2. The maximum atomic E-state index is 13.7. The van der Waals surface area contributed by atoms with Crippen molar-refractivity contribution in [1.82, 2.24) is 4.90 Å². The highest BCUT2D eigenvalue weighted by Crippen LogP contribution is 2.39. The third kappa shape index (κ3) is 3.58. The molecule has 1 N–H and O–H groups in total. The van der Waals surface area contributed by atoms with Crippen LogP contribution in [0.1, 0.15) is 38.9 Å². The van der Waals surface area contributed by atoms with Gasteiger partial charge in [0.2, 0.25) is 5.76 Å². The molecular weight excluding hydrogens is 418 g/mol. The van der Waals surface area contributed by atoms with Crippen LogP contribution in [-0.4, -0.2) is 29.1 Å². The lowest BCUT2D eigenvalue weighted by Gasteiger charge is -2.24. The Balaban J connectivity index is 1.68. The highest BCUT2D eigenvalue weighted by Gasteiger charge is 2.42. The van der Waals surface area contributed by atoms with Gasteiger partial charge in [-0.1, -0.05) is 36.4 Å². The molecule has 0 aliphatic carbocycles. The average Bonchev–Trinajstić information content (AvgIpc) is 3.06. The van der Waals surface area contributed by atoms with Gasteiger partial charge in [-0.15, -0.1) is 0 Å². The van der Waals surface area contributed by atoms with E-state index in [1.165, 1.54) is 4.90 Å². The molecule has 4 aromatic rings. The second-order valence-electron chi connectivity index (χ2n) is 8.24. The second kappa shape index (κ2) is 8.22. The quantitative estimate of drug-likeness (QED) is 0.484. The number of hydrogen-bond acceptors (Lipinski definition) is 5. The van der Waals surface area contributed by atoms with Crippen molar-refractivity contribution in [3.05, 3.63) is 105 Å². The van der Waals surface area contributed by atoms with Gasteiger partial charge in [-0.2, -0.15) is 0 Å². The first-order valence-electron chi connectivity index (χ1n) is 10.8. The monoisotopic (exact) mass is 441 g/mol. The summed E-state index contributed by atoms with van der Waals surface area (Å²) in [5.41, 5.74) is 2.93. The Morgan fingerprint density at radius 2 is 1.73 bits per heavy atom. The SMILES string of the molecule is Cc1cc(C)c2c(=O)c3c(oc2c1)C(=O)N(CCO)[C@@H]3c1cccc(Oc2ccccc2)c1. The molecule has 0 saturated heterocycles. The summed E-state index contributed by atoms with van der Waals surface area (Å²) < 4.78 is 12.0. The van der Waals surface area contributed by atoms with Crippen LogP contribution in [-0.2, 0) is 0 Å². The molecule has 2 heterocycles. The van der Waals surface area contributed by atoms with Crippen LogP contribution in [0.5, 0.6) is 11.5 Å². The molecule has 1 aliphatic rings. The van der Waals surface area contributed by atoms with E-state index in [1.807, 2.05) is 74.5 Å². The zero-order valence-corrected chi connectivity index (χ0v) is 18.4. The molecule has 0 unspecified atom stereocenters. The molecule has 1 aliphatic heterocycles. The van der Waals surface area contributed by atoms with Crippen LogP contribution >= 0.6 is 0 Å². The molecule has 6 nitrogen and oxygen atoms in total. The van der Waals surface area contributed by atoms with Crippen molar-refractivity contribution in [1.29, 1.82) is 0 Å². The van der Waals surface area contributed by atoms with Crippen LogP contribution in [0.3, 0.4) is 0 Å². The van der Waals surface area contributed by atoms with Gasteiger partial charge in [-0.05, 0) is 60.9 Å². The molecule has 1 aromatic heterocycles. The zero-order chi connectivity index (χ0) is 23.1. The fraction of sp³-hybridized carbons (Fsp3) is 0.185. The van der Waals surface area contributed by atoms with E-state index in [-0.39, 0.29) is 24.3 Å². The van der Waals surface area contributed by atoms with E-state index in [1.54, 1.807) is 6.07 Å². The van der Waals surface area contributed by atoms with Crippen molar-refractivity contribution >= 4 is 16.9 Å². The van der Waals surface area contributed by atoms with Crippen LogP contribution in [0.25, 0.3) is 11.0 Å². The summed E-state index contributed by atoms with van der Waals surface area (Å²) in [6.07, 6.45) is 0. The Bertz CT molecular complexity index is 1420. The van der Waals surface area contributed by atoms with E-state index >= 15 is 0 Å². The maximum Gasteiger partial charge on any atom is 0.290 e. The van der Waals surface area contributed by atoms with Crippen LogP contribution in [0.15, 0.2) is 75.9 Å². The van der Waals surface area contributed by atoms with E-state index in [2.05, 4.69) is 0 Å². The van der Waals surface area contributed by atoms with Crippen LogP contribution in [0.2, 0.25) is 0 Å². The lowest BCUT2D eigenvalue weighted by atomic mass is 9.96. The van der Waals surface area contributed by atoms with E-state index in [0.717, 1.165) is 11.1 Å². The normalized spacial score (nSPS) is 15.2. The van der Waals surface area contributed by atoms with Crippen molar-refractivity contribution < 1.29 is 19.1 Å². The topological polar surface area (TPSA) is 80.0 Å². The summed E-state index contributed by atoms with van der Waals surface area (Å²) in [7, 11) is 0. The Morgan fingerprint density at radius 3 is 2.48 bits per heavy atom. The standard InChI is InChI=1S/C27H23NO5/c1-16-13-17(2)22-21(14-16)33-26-23(25(22)30)24(28(11-12-29)27(26)31)18-7-6-10-20(15-18)32-19-8-4-3-5-9-19/h3-10,13-15,24,29H,11-12H2,1-2H3/t24-/m1/s1. The summed E-state index contributed by atoms with van der Waals surface area (Å²) in [4.78, 5) is 28.4. The van der Waals surface area contributed by atoms with Crippen LogP contribution in [0.4, 0.5) is 0 Å². The summed E-state index contributed by atoms with van der Waals surface area (Å²) in [6.45, 7) is 3.62. The fourth-order valence-electron chi connectivity index (χ4n) is 4.57. The number of para-hydroxylation sites is 1. The minimum atomic E-state index is -0.680. The number of benzene rings is 3. The molecule has 0 saturated carbocycles. The maximum absolute atomic E-state index is 13.7. The number of aliphatic hydroxyl groups excluding tert-OH is 1. The number of nitrogens with zero attached hydrogens (tertiary/aromatic N) is 1. The zero-order valence-electron chi connectivity index (χ0n) is 18.4. The number of fused-ring (bicyclic) bond motifs is 2. The van der Waals surface area contributed by atoms with Gasteiger partial charge in [0.25, 0.3) is 5.91 Å². The molecule has 6 heteroatoms. The number of aliphatic hydroxyl groups is 1. The van der Waals surface area contributed by atoms with Gasteiger partial charge in [0.15, 0.2) is 5.43 Å². The van der Waals surface area contributed by atoms with E-state index in [9.17, 15) is 14.7 Å². The molecule has 0 fully saturated rings. The summed E-state index contributed by atoms with van der Waals surface area (Å²) in [6, 6.07) is 19.7. The van der Waals surface area contributed by atoms with Gasteiger partial charge in [-0.3, -0.25) is 9.59 Å². The van der Waals surface area contributed by atoms with Crippen molar-refractivity contribution in [2.75, 3.05) is 13.2 Å². The highest BCUT2D eigenvalue weighted by atomic mass is 16.5. The number of ether oxygens (including phenoxy) is 1. The third-order valence-corrected chi connectivity index (χ3v) is 5.91. The molecule has 166 valence electrons. The van der Waals surface area contributed by atoms with Gasteiger partial charge in [0.05, 0.1) is 23.6 Å². The van der Waals surface area contributed by atoms with Crippen molar-refractivity contribution in [3.63, 3.8) is 0 Å². The van der Waals surface area contributed by atoms with Gasteiger partial charge in [-0.25, -0.2) is 0 Å². The average molecular weight is 441 g/mol. The second-order valence-corrected chi connectivity index (χ2v) is 8.24. The van der Waals surface area contributed by atoms with Gasteiger partial charge in [0, 0.05) is 6.54 Å². The molecule has 5 rings (SSSR count). The molecule has 3 aromatic carbocycles. The first kappa shape index (κ1) is 21.0. The van der Waals surface area contributed by atoms with Crippen LogP contribution in [0, 0.1) is 13.8 Å². The van der Waals surface area contributed by atoms with Crippen molar-refractivity contribution in [2.24, 2.45) is 0 Å². The van der Waals surface area contributed by atoms with Gasteiger partial charge < -0.3 is 19.2 Å². The largest absolute Gasteiger partial charge is 0.457 e. The smallest absolute Gasteiger partial charge is 0.290 e. The van der Waals surface area contributed by atoms with Gasteiger partial charge in [0.1, 0.15) is 17.1 Å². The first-order valence-corrected chi connectivity index (χ1v) is 10.8. The molecule has 0 bridgehead atoms. The van der Waals surface area contributed by atoms with Crippen molar-refractivity contribution in [2.45, 2.75) is 19.9 Å². The minimum absolute atomic E-state index is 0.0327. The summed E-state index contributed by atoms with van der Waals surface area (Å²) in [5, 5.41) is 10.1. The lowest BCUT2D eigenvalue weighted by Crippen LogP contribution is -2.32. The van der Waals surface area contributed by atoms with Crippen molar-refractivity contribution in [3.8, 4) is 11.5 Å². The number of amides is 1. The fourth-order valence-corrected chi connectivity index (χ4v) is 4.57. The predicted octanol–water partition coefficient (Wildman–Crippen LogP) is 4.74. The number of carbonyl (C=O) groups excluding carboxylic acids is 1. The number of rotatable bonds is 5. The molecule has 0 spiro atoms. The number of β-amino-alcohol motifs (C(OH)–C–C–N with tert-alkyl or cyclic N) is 1. The number of carbonyl (C=O) groups is 1. The minimum Gasteiger partial charge on any atom is -0.457 e. The highest BCUT2D eigenvalue weighted by molar-refractivity contribution is 5.99.